The van der Waals surface area contributed by atoms with Gasteiger partial charge >= 0.3 is 5.56 Å². The third-order valence-corrected chi connectivity index (χ3v) is 6.03. The normalized spacial score (nSPS) is 10.9. The zero-order valence-electron chi connectivity index (χ0n) is 15.5. The number of para-hydroxylation sites is 2. The fourth-order valence-corrected chi connectivity index (χ4v) is 4.28. The Morgan fingerprint density at radius 1 is 1.20 bits per heavy atom. The number of methoxy groups -OCH3 is 1. The van der Waals surface area contributed by atoms with Gasteiger partial charge in [-0.2, -0.15) is 4.52 Å². The standard InChI is InChI=1S/C19H14FN5O3S2/c1-28-14-5-3-2-4-13(14)21-15(26)10-29-19-24-25-17(27)16(22-23-18(25)30-19)11-6-8-12(20)9-7-11/h2-9H,10H2,1H3,(H,21,26). The summed E-state index contributed by atoms with van der Waals surface area (Å²) < 4.78 is 20.0. The predicted molar refractivity (Wildman–Crippen MR) is 113 cm³/mol. The summed E-state index contributed by atoms with van der Waals surface area (Å²) >= 11 is 2.33. The van der Waals surface area contributed by atoms with Crippen molar-refractivity contribution in [3.8, 4) is 17.0 Å². The summed E-state index contributed by atoms with van der Waals surface area (Å²) in [6.07, 6.45) is 0. The van der Waals surface area contributed by atoms with Crippen molar-refractivity contribution in [3.63, 3.8) is 0 Å². The molecule has 0 aliphatic carbocycles. The second-order valence-corrected chi connectivity index (χ2v) is 8.14. The summed E-state index contributed by atoms with van der Waals surface area (Å²) in [5.74, 6) is -0.00276. The van der Waals surface area contributed by atoms with Gasteiger partial charge in [0.2, 0.25) is 10.9 Å². The van der Waals surface area contributed by atoms with Crippen LogP contribution in [0.5, 0.6) is 5.75 Å². The van der Waals surface area contributed by atoms with Gasteiger partial charge in [0.25, 0.3) is 0 Å². The highest BCUT2D eigenvalue weighted by Crippen LogP contribution is 2.26. The van der Waals surface area contributed by atoms with Gasteiger partial charge in [0, 0.05) is 5.56 Å². The number of thioether (sulfide) groups is 1. The van der Waals surface area contributed by atoms with E-state index < -0.39 is 11.4 Å². The topological polar surface area (TPSA) is 98.5 Å². The average molecular weight is 443 g/mol. The van der Waals surface area contributed by atoms with Crippen molar-refractivity contribution in [2.24, 2.45) is 0 Å². The highest BCUT2D eigenvalue weighted by molar-refractivity contribution is 8.01. The molecule has 0 saturated heterocycles. The van der Waals surface area contributed by atoms with Crippen molar-refractivity contribution in [2.45, 2.75) is 4.34 Å². The Bertz CT molecular complexity index is 1270. The summed E-state index contributed by atoms with van der Waals surface area (Å²) in [5.41, 5.74) is 0.624. The minimum Gasteiger partial charge on any atom is -0.495 e. The van der Waals surface area contributed by atoms with E-state index >= 15 is 0 Å². The molecule has 0 spiro atoms. The van der Waals surface area contributed by atoms with E-state index in [1.807, 2.05) is 6.07 Å². The van der Waals surface area contributed by atoms with Gasteiger partial charge in [-0.15, -0.1) is 15.3 Å². The molecule has 1 amide bonds. The zero-order valence-corrected chi connectivity index (χ0v) is 17.2. The fourth-order valence-electron chi connectivity index (χ4n) is 2.61. The number of carbonyl (C=O) groups excluding carboxylic acids is 1. The molecule has 0 unspecified atom stereocenters. The van der Waals surface area contributed by atoms with Crippen molar-refractivity contribution in [2.75, 3.05) is 18.2 Å². The largest absolute Gasteiger partial charge is 0.495 e. The SMILES string of the molecule is COc1ccccc1NC(=O)CSc1nn2c(=O)c(-c3ccc(F)cc3)nnc2s1. The van der Waals surface area contributed by atoms with E-state index in [2.05, 4.69) is 20.6 Å². The smallest absolute Gasteiger partial charge is 0.302 e. The molecule has 4 aromatic rings. The molecule has 0 radical (unpaired) electrons. The molecule has 30 heavy (non-hydrogen) atoms. The summed E-state index contributed by atoms with van der Waals surface area (Å²) in [6.45, 7) is 0. The molecule has 2 aromatic carbocycles. The van der Waals surface area contributed by atoms with E-state index in [-0.39, 0.29) is 17.4 Å². The Kier molecular flexibility index (Phi) is 5.72. The molecule has 0 bridgehead atoms. The lowest BCUT2D eigenvalue weighted by Gasteiger charge is -2.08. The van der Waals surface area contributed by atoms with Crippen LogP contribution < -0.4 is 15.6 Å². The van der Waals surface area contributed by atoms with Crippen LogP contribution in [0.2, 0.25) is 0 Å². The van der Waals surface area contributed by atoms with Gasteiger partial charge in [0.1, 0.15) is 11.6 Å². The van der Waals surface area contributed by atoms with E-state index in [0.29, 0.717) is 26.3 Å². The maximum atomic E-state index is 13.1. The van der Waals surface area contributed by atoms with Crippen molar-refractivity contribution in [1.29, 1.82) is 0 Å². The molecule has 152 valence electrons. The van der Waals surface area contributed by atoms with Crippen molar-refractivity contribution in [1.82, 2.24) is 19.8 Å². The molecule has 0 fully saturated rings. The molecule has 0 atom stereocenters. The van der Waals surface area contributed by atoms with E-state index in [9.17, 15) is 14.0 Å². The third-order valence-electron chi connectivity index (χ3n) is 4.00. The molecule has 2 heterocycles. The van der Waals surface area contributed by atoms with Crippen LogP contribution in [0, 0.1) is 5.82 Å². The number of rotatable bonds is 6. The number of hydrogen-bond donors (Lipinski definition) is 1. The van der Waals surface area contributed by atoms with Crippen molar-refractivity contribution < 1.29 is 13.9 Å². The summed E-state index contributed by atoms with van der Waals surface area (Å²) in [5, 5.41) is 15.0. The van der Waals surface area contributed by atoms with Gasteiger partial charge in [-0.25, -0.2) is 4.39 Å². The Balaban J connectivity index is 1.50. The maximum Gasteiger partial charge on any atom is 0.302 e. The first-order valence-corrected chi connectivity index (χ1v) is 10.4. The summed E-state index contributed by atoms with van der Waals surface area (Å²) in [6, 6.07) is 12.5. The molecule has 1 N–H and O–H groups in total. The Labute approximate surface area is 177 Å². The highest BCUT2D eigenvalue weighted by Gasteiger charge is 2.15. The predicted octanol–water partition coefficient (Wildman–Crippen LogP) is 3.09. The lowest BCUT2D eigenvalue weighted by molar-refractivity contribution is -0.113. The lowest BCUT2D eigenvalue weighted by atomic mass is 10.2. The fraction of sp³-hybridized carbons (Fsp3) is 0.105. The lowest BCUT2D eigenvalue weighted by Crippen LogP contribution is -2.19. The number of nitrogens with zero attached hydrogens (tertiary/aromatic N) is 4. The molecular formula is C19H14FN5O3S2. The highest BCUT2D eigenvalue weighted by atomic mass is 32.2. The van der Waals surface area contributed by atoms with Crippen LogP contribution in [0.15, 0.2) is 57.7 Å². The van der Waals surface area contributed by atoms with E-state index in [4.69, 9.17) is 4.74 Å². The van der Waals surface area contributed by atoms with E-state index in [0.717, 1.165) is 15.9 Å². The molecule has 0 aliphatic rings. The van der Waals surface area contributed by atoms with E-state index in [1.54, 1.807) is 18.2 Å². The number of fused-ring (bicyclic) bond motifs is 1. The zero-order chi connectivity index (χ0) is 21.1. The van der Waals surface area contributed by atoms with E-state index in [1.165, 1.54) is 43.1 Å². The molecule has 4 rings (SSSR count). The van der Waals surface area contributed by atoms with Crippen LogP contribution in [0.4, 0.5) is 10.1 Å². The van der Waals surface area contributed by atoms with Gasteiger partial charge in [-0.3, -0.25) is 9.59 Å². The molecule has 8 nitrogen and oxygen atoms in total. The third kappa shape index (κ3) is 4.16. The van der Waals surface area contributed by atoms with Crippen molar-refractivity contribution in [3.05, 3.63) is 64.7 Å². The molecule has 0 aliphatic heterocycles. The van der Waals surface area contributed by atoms with Gasteiger partial charge in [0.05, 0.1) is 18.6 Å². The minimum absolute atomic E-state index is 0.0725. The monoisotopic (exact) mass is 443 g/mol. The quantitative estimate of drug-likeness (QED) is 0.457. The van der Waals surface area contributed by atoms with Crippen LogP contribution in [0.1, 0.15) is 0 Å². The number of halogens is 1. The number of nitrogens with one attached hydrogen (secondary N) is 1. The van der Waals surface area contributed by atoms with Crippen LogP contribution in [-0.2, 0) is 4.79 Å². The first-order valence-electron chi connectivity index (χ1n) is 8.63. The first kappa shape index (κ1) is 20.0. The van der Waals surface area contributed by atoms with Gasteiger partial charge in [-0.05, 0) is 36.4 Å². The number of aromatic nitrogens is 4. The van der Waals surface area contributed by atoms with Crippen LogP contribution in [0.25, 0.3) is 16.2 Å². The van der Waals surface area contributed by atoms with Crippen LogP contribution in [-0.4, -0.2) is 38.6 Å². The summed E-state index contributed by atoms with van der Waals surface area (Å²) in [4.78, 5) is 25.3. The number of ether oxygens (including phenoxy) is 1. The first-order chi connectivity index (χ1) is 14.5. The Hall–Kier alpha value is -3.31. The number of amides is 1. The van der Waals surface area contributed by atoms with Gasteiger partial charge < -0.3 is 10.1 Å². The van der Waals surface area contributed by atoms with Gasteiger partial charge in [0.15, 0.2) is 10.0 Å². The second kappa shape index (κ2) is 8.59. The molecule has 0 saturated carbocycles. The summed E-state index contributed by atoms with van der Waals surface area (Å²) in [7, 11) is 1.53. The second-order valence-electron chi connectivity index (χ2n) is 5.96. The maximum absolute atomic E-state index is 13.1. The average Bonchev–Trinajstić information content (AvgIpc) is 3.18. The van der Waals surface area contributed by atoms with Crippen LogP contribution in [0.3, 0.4) is 0 Å². The molecule has 2 aromatic heterocycles. The Morgan fingerprint density at radius 2 is 1.97 bits per heavy atom. The molecular weight excluding hydrogens is 429 g/mol. The number of hydrogen-bond acceptors (Lipinski definition) is 8. The number of benzene rings is 2. The minimum atomic E-state index is -0.465. The Morgan fingerprint density at radius 3 is 2.73 bits per heavy atom. The number of anilines is 1. The van der Waals surface area contributed by atoms with Crippen molar-refractivity contribution >= 4 is 39.7 Å². The van der Waals surface area contributed by atoms with Gasteiger partial charge in [-0.1, -0.05) is 35.2 Å². The number of carbonyl (C=O) groups is 1. The molecule has 11 heteroatoms. The van der Waals surface area contributed by atoms with Crippen LogP contribution >= 0.6 is 23.1 Å².